The molecule has 206 valence electrons. The Hall–Kier alpha value is -5.76. The van der Waals surface area contributed by atoms with E-state index in [0.717, 1.165) is 20.7 Å². The summed E-state index contributed by atoms with van der Waals surface area (Å²) in [5, 5.41) is 23.4. The zero-order valence-electron chi connectivity index (χ0n) is 23.4. The number of aliphatic carboxylic acids is 1. The van der Waals surface area contributed by atoms with Crippen molar-refractivity contribution >= 4 is 44.9 Å². The van der Waals surface area contributed by atoms with Gasteiger partial charge in [0.05, 0.1) is 0 Å². The summed E-state index contributed by atoms with van der Waals surface area (Å²) in [5.41, 5.74) is 10.6. The molecule has 0 saturated carbocycles. The molecule has 1 aromatic heterocycles. The number of nitriles is 1. The van der Waals surface area contributed by atoms with Gasteiger partial charge in [0.15, 0.2) is 0 Å². The SMILES string of the molecule is N#C/C(=C\c1ccc(-c2ccc3c4c(cccc24)-c2c-3c(-c3ccccc3)c3ccccc3c2-c2ccccc2)s1)C(=O)O. The van der Waals surface area contributed by atoms with Crippen LogP contribution in [0.1, 0.15) is 4.88 Å². The van der Waals surface area contributed by atoms with Crippen molar-refractivity contribution in [2.75, 3.05) is 0 Å². The van der Waals surface area contributed by atoms with Crippen molar-refractivity contribution < 1.29 is 9.90 Å². The van der Waals surface area contributed by atoms with Gasteiger partial charge in [0.2, 0.25) is 0 Å². The van der Waals surface area contributed by atoms with Crippen LogP contribution < -0.4 is 0 Å². The van der Waals surface area contributed by atoms with Gasteiger partial charge in [0, 0.05) is 9.75 Å². The van der Waals surface area contributed by atoms with E-state index in [1.54, 1.807) is 6.07 Å². The molecule has 0 aliphatic heterocycles. The first-order chi connectivity index (χ1) is 21.6. The summed E-state index contributed by atoms with van der Waals surface area (Å²) in [4.78, 5) is 13.2. The molecule has 0 radical (unpaired) electrons. The van der Waals surface area contributed by atoms with Crippen molar-refractivity contribution in [2.45, 2.75) is 0 Å². The molecular formula is C40H23NO2S. The number of fused-ring (bicyclic) bond motifs is 4. The zero-order chi connectivity index (χ0) is 29.8. The third kappa shape index (κ3) is 3.91. The third-order valence-corrected chi connectivity index (χ3v) is 9.52. The Balaban J connectivity index is 1.46. The van der Waals surface area contributed by atoms with Crippen molar-refractivity contribution in [2.24, 2.45) is 0 Å². The number of carboxylic acid groups (broad SMARTS) is 1. The fourth-order valence-electron chi connectivity index (χ4n) is 6.68. The maximum absolute atomic E-state index is 11.4. The Morgan fingerprint density at radius 2 is 1.14 bits per heavy atom. The van der Waals surface area contributed by atoms with Crippen molar-refractivity contribution in [1.29, 1.82) is 5.26 Å². The molecule has 0 amide bonds. The van der Waals surface area contributed by atoms with E-state index >= 15 is 0 Å². The van der Waals surface area contributed by atoms with Crippen LogP contribution in [-0.4, -0.2) is 11.1 Å². The van der Waals surface area contributed by atoms with E-state index in [2.05, 4.69) is 115 Å². The predicted molar refractivity (Wildman–Crippen MR) is 181 cm³/mol. The lowest BCUT2D eigenvalue weighted by atomic mass is 9.82. The fourth-order valence-corrected chi connectivity index (χ4v) is 7.67. The van der Waals surface area contributed by atoms with Crippen LogP contribution in [0, 0.1) is 11.3 Å². The van der Waals surface area contributed by atoms with E-state index in [0.29, 0.717) is 0 Å². The predicted octanol–water partition coefficient (Wildman–Crippen LogP) is 10.7. The third-order valence-electron chi connectivity index (χ3n) is 8.45. The molecule has 4 heteroatoms. The van der Waals surface area contributed by atoms with Crippen LogP contribution in [0.5, 0.6) is 0 Å². The van der Waals surface area contributed by atoms with E-state index in [1.807, 2.05) is 12.1 Å². The Morgan fingerprint density at radius 3 is 1.73 bits per heavy atom. The van der Waals surface area contributed by atoms with Crippen molar-refractivity contribution in [1.82, 2.24) is 0 Å². The van der Waals surface area contributed by atoms with Crippen LogP contribution in [0.25, 0.3) is 82.6 Å². The molecule has 6 aromatic carbocycles. The highest BCUT2D eigenvalue weighted by Crippen LogP contribution is 2.58. The molecule has 0 bridgehead atoms. The molecule has 8 rings (SSSR count). The number of carboxylic acids is 1. The van der Waals surface area contributed by atoms with Crippen molar-refractivity contribution in [3.63, 3.8) is 0 Å². The lowest BCUT2D eigenvalue weighted by molar-refractivity contribution is -0.132. The van der Waals surface area contributed by atoms with Gasteiger partial charge < -0.3 is 5.11 Å². The van der Waals surface area contributed by atoms with Gasteiger partial charge in [-0.3, -0.25) is 0 Å². The first-order valence-corrected chi connectivity index (χ1v) is 15.2. The Morgan fingerprint density at radius 1 is 0.591 bits per heavy atom. The molecule has 1 N–H and O–H groups in total. The van der Waals surface area contributed by atoms with Gasteiger partial charge in [0.1, 0.15) is 11.6 Å². The molecule has 0 fully saturated rings. The highest BCUT2D eigenvalue weighted by molar-refractivity contribution is 7.16. The van der Waals surface area contributed by atoms with Crippen LogP contribution in [0.4, 0.5) is 0 Å². The maximum atomic E-state index is 11.4. The summed E-state index contributed by atoms with van der Waals surface area (Å²) in [6, 6.07) is 46.7. The second-order valence-electron chi connectivity index (χ2n) is 10.8. The minimum atomic E-state index is -1.22. The number of hydrogen-bond acceptors (Lipinski definition) is 3. The molecule has 3 nitrogen and oxygen atoms in total. The fraction of sp³-hybridized carbons (Fsp3) is 0. The molecule has 1 aliphatic carbocycles. The Labute approximate surface area is 258 Å². The number of rotatable bonds is 5. The van der Waals surface area contributed by atoms with Gasteiger partial charge in [-0.05, 0) is 89.8 Å². The number of nitrogens with zero attached hydrogens (tertiary/aromatic N) is 1. The van der Waals surface area contributed by atoms with E-state index in [4.69, 9.17) is 0 Å². The first-order valence-electron chi connectivity index (χ1n) is 14.4. The molecule has 0 atom stereocenters. The molecule has 44 heavy (non-hydrogen) atoms. The van der Waals surface area contributed by atoms with E-state index in [1.165, 1.54) is 78.1 Å². The summed E-state index contributed by atoms with van der Waals surface area (Å²) < 4.78 is 0. The van der Waals surface area contributed by atoms with Gasteiger partial charge >= 0.3 is 5.97 Å². The monoisotopic (exact) mass is 581 g/mol. The van der Waals surface area contributed by atoms with Crippen LogP contribution >= 0.6 is 11.3 Å². The van der Waals surface area contributed by atoms with E-state index in [9.17, 15) is 15.2 Å². The van der Waals surface area contributed by atoms with Crippen LogP contribution in [0.2, 0.25) is 0 Å². The normalized spacial score (nSPS) is 11.9. The lowest BCUT2D eigenvalue weighted by Gasteiger charge is -2.20. The number of carbonyl (C=O) groups is 1. The Bertz CT molecular complexity index is 2270. The summed E-state index contributed by atoms with van der Waals surface area (Å²) in [6.45, 7) is 0. The maximum Gasteiger partial charge on any atom is 0.346 e. The van der Waals surface area contributed by atoms with E-state index < -0.39 is 5.97 Å². The number of benzene rings is 6. The van der Waals surface area contributed by atoms with Gasteiger partial charge in [-0.25, -0.2) is 4.79 Å². The van der Waals surface area contributed by atoms with Crippen LogP contribution in [0.15, 0.2) is 133 Å². The van der Waals surface area contributed by atoms with Gasteiger partial charge in [-0.2, -0.15) is 5.26 Å². The highest BCUT2D eigenvalue weighted by atomic mass is 32.1. The molecule has 0 spiro atoms. The van der Waals surface area contributed by atoms with Crippen LogP contribution in [-0.2, 0) is 4.79 Å². The standard InChI is InChI=1S/C40H23NO2S/c41-23-26(40(42)43)22-27-18-21-34(44-27)28-19-20-33-37-29(28)16-9-17-32(37)38-35(24-10-3-1-4-11-24)30-14-7-8-15-31(30)36(39(33)38)25-12-5-2-6-13-25/h1-22H,(H,42,43)/b26-22+. The number of thiophene rings is 1. The van der Waals surface area contributed by atoms with Gasteiger partial charge in [-0.1, -0.05) is 115 Å². The first kappa shape index (κ1) is 25.9. The summed E-state index contributed by atoms with van der Waals surface area (Å²) in [5.74, 6) is -1.22. The average Bonchev–Trinajstić information content (AvgIpc) is 3.67. The van der Waals surface area contributed by atoms with Gasteiger partial charge in [-0.15, -0.1) is 11.3 Å². The summed E-state index contributed by atoms with van der Waals surface area (Å²) >= 11 is 1.49. The summed E-state index contributed by atoms with van der Waals surface area (Å²) in [6.07, 6.45) is 1.44. The Kier molecular flexibility index (Phi) is 6.01. The quantitative estimate of drug-likeness (QED) is 0.162. The average molecular weight is 582 g/mol. The minimum absolute atomic E-state index is 0.275. The second kappa shape index (κ2) is 10.2. The zero-order valence-corrected chi connectivity index (χ0v) is 24.2. The molecular weight excluding hydrogens is 559 g/mol. The largest absolute Gasteiger partial charge is 0.477 e. The molecule has 7 aromatic rings. The minimum Gasteiger partial charge on any atom is -0.477 e. The second-order valence-corrected chi connectivity index (χ2v) is 12.0. The van der Waals surface area contributed by atoms with Crippen molar-refractivity contribution in [3.05, 3.63) is 138 Å². The number of hydrogen-bond donors (Lipinski definition) is 1. The highest BCUT2D eigenvalue weighted by Gasteiger charge is 2.31. The van der Waals surface area contributed by atoms with Gasteiger partial charge in [0.25, 0.3) is 0 Å². The molecule has 0 unspecified atom stereocenters. The summed E-state index contributed by atoms with van der Waals surface area (Å²) in [7, 11) is 0. The van der Waals surface area contributed by atoms with Crippen molar-refractivity contribution in [3.8, 4) is 61.0 Å². The smallest absolute Gasteiger partial charge is 0.346 e. The van der Waals surface area contributed by atoms with Crippen LogP contribution in [0.3, 0.4) is 0 Å². The molecule has 1 aliphatic rings. The van der Waals surface area contributed by atoms with E-state index in [-0.39, 0.29) is 5.57 Å². The molecule has 1 heterocycles. The topological polar surface area (TPSA) is 61.1 Å². The lowest BCUT2D eigenvalue weighted by Crippen LogP contribution is -1.96. The molecule has 0 saturated heterocycles.